The van der Waals surface area contributed by atoms with E-state index < -0.39 is 0 Å². The summed E-state index contributed by atoms with van der Waals surface area (Å²) in [5.74, 6) is 1.68. The fourth-order valence-electron chi connectivity index (χ4n) is 2.30. The molecule has 0 bridgehead atoms. The molecule has 0 radical (unpaired) electrons. The molecule has 2 atom stereocenters. The van der Waals surface area contributed by atoms with Crippen LogP contribution in [0.1, 0.15) is 4.88 Å². The highest BCUT2D eigenvalue weighted by molar-refractivity contribution is 7.09. The molecule has 2 heterocycles. The maximum Gasteiger partial charge on any atom is 0.161 e. The van der Waals surface area contributed by atoms with Gasteiger partial charge in [0.05, 0.1) is 6.04 Å². The molecule has 3 nitrogen and oxygen atoms in total. The van der Waals surface area contributed by atoms with Gasteiger partial charge in [0, 0.05) is 11.3 Å². The zero-order valence-corrected chi connectivity index (χ0v) is 11.7. The third-order valence-corrected chi connectivity index (χ3v) is 4.25. The first kappa shape index (κ1) is 12.5. The normalized spacial score (nSPS) is 19.1. The van der Waals surface area contributed by atoms with E-state index in [1.807, 2.05) is 31.3 Å². The van der Waals surface area contributed by atoms with Crippen molar-refractivity contribution in [1.82, 2.24) is 5.32 Å². The standard InChI is InChI=1S/C15H17NO2S/c1-16-12(9-11-5-4-8-19-11)15-10-17-13-6-2-3-7-14(13)18-15/h2-8,12,15-16H,9-10H2,1H3. The number of hydrogen-bond donors (Lipinski definition) is 1. The van der Waals surface area contributed by atoms with Gasteiger partial charge < -0.3 is 14.8 Å². The van der Waals surface area contributed by atoms with Gasteiger partial charge in [-0.25, -0.2) is 0 Å². The van der Waals surface area contributed by atoms with Crippen molar-refractivity contribution in [1.29, 1.82) is 0 Å². The Kier molecular flexibility index (Phi) is 3.71. The Morgan fingerprint density at radius 3 is 2.84 bits per heavy atom. The maximum absolute atomic E-state index is 6.05. The largest absolute Gasteiger partial charge is 0.486 e. The van der Waals surface area contributed by atoms with Crippen molar-refractivity contribution in [3.8, 4) is 11.5 Å². The molecule has 0 spiro atoms. The zero-order valence-electron chi connectivity index (χ0n) is 10.8. The Bertz CT molecular complexity index is 527. The first-order valence-corrected chi connectivity index (χ1v) is 7.33. The Morgan fingerprint density at radius 1 is 1.26 bits per heavy atom. The number of thiophene rings is 1. The number of para-hydroxylation sites is 2. The Hall–Kier alpha value is -1.52. The number of likely N-dealkylation sites (N-methyl/N-ethyl adjacent to an activating group) is 1. The van der Waals surface area contributed by atoms with E-state index in [9.17, 15) is 0 Å². The van der Waals surface area contributed by atoms with Crippen LogP contribution in [0.3, 0.4) is 0 Å². The molecule has 2 aromatic rings. The van der Waals surface area contributed by atoms with Gasteiger partial charge in [-0.1, -0.05) is 18.2 Å². The average Bonchev–Trinajstić information content (AvgIpc) is 2.97. The number of fused-ring (bicyclic) bond motifs is 1. The number of hydrogen-bond acceptors (Lipinski definition) is 4. The average molecular weight is 275 g/mol. The van der Waals surface area contributed by atoms with Crippen LogP contribution in [0, 0.1) is 0 Å². The van der Waals surface area contributed by atoms with Crippen molar-refractivity contribution in [2.45, 2.75) is 18.6 Å². The second-order valence-electron chi connectivity index (χ2n) is 4.59. The molecule has 2 unspecified atom stereocenters. The summed E-state index contributed by atoms with van der Waals surface area (Å²) in [7, 11) is 1.97. The molecule has 0 amide bonds. The Balaban J connectivity index is 1.72. The van der Waals surface area contributed by atoms with Crippen molar-refractivity contribution in [2.24, 2.45) is 0 Å². The summed E-state index contributed by atoms with van der Waals surface area (Å²) in [6.45, 7) is 0.591. The van der Waals surface area contributed by atoms with Gasteiger partial charge in [0.25, 0.3) is 0 Å². The summed E-state index contributed by atoms with van der Waals surface area (Å²) in [4.78, 5) is 1.36. The van der Waals surface area contributed by atoms with Gasteiger partial charge in [-0.2, -0.15) is 0 Å². The van der Waals surface area contributed by atoms with Crippen molar-refractivity contribution < 1.29 is 9.47 Å². The molecular weight excluding hydrogens is 258 g/mol. The fourth-order valence-corrected chi connectivity index (χ4v) is 3.06. The predicted molar refractivity (Wildman–Crippen MR) is 77.2 cm³/mol. The first-order valence-electron chi connectivity index (χ1n) is 6.45. The highest BCUT2D eigenvalue weighted by Gasteiger charge is 2.28. The van der Waals surface area contributed by atoms with E-state index in [1.165, 1.54) is 4.88 Å². The molecule has 4 heteroatoms. The van der Waals surface area contributed by atoms with Crippen LogP contribution in [-0.4, -0.2) is 25.8 Å². The minimum Gasteiger partial charge on any atom is -0.486 e. The van der Waals surface area contributed by atoms with Crippen molar-refractivity contribution in [3.05, 3.63) is 46.7 Å². The quantitative estimate of drug-likeness (QED) is 0.930. The summed E-state index contributed by atoms with van der Waals surface area (Å²) in [5.41, 5.74) is 0. The van der Waals surface area contributed by atoms with Crippen LogP contribution in [0.2, 0.25) is 0 Å². The van der Waals surface area contributed by atoms with Crippen LogP contribution < -0.4 is 14.8 Å². The van der Waals surface area contributed by atoms with E-state index in [1.54, 1.807) is 11.3 Å². The summed E-state index contributed by atoms with van der Waals surface area (Å²) < 4.78 is 11.8. The molecular formula is C15H17NO2S. The van der Waals surface area contributed by atoms with Crippen molar-refractivity contribution >= 4 is 11.3 Å². The molecule has 19 heavy (non-hydrogen) atoms. The molecule has 3 rings (SSSR count). The summed E-state index contributed by atoms with van der Waals surface area (Å²) in [6, 6.07) is 12.3. The lowest BCUT2D eigenvalue weighted by molar-refractivity contribution is 0.0643. The van der Waals surface area contributed by atoms with Crippen LogP contribution in [0.25, 0.3) is 0 Å². The third kappa shape index (κ3) is 2.74. The number of nitrogens with one attached hydrogen (secondary N) is 1. The second kappa shape index (κ2) is 5.63. The zero-order chi connectivity index (χ0) is 13.1. The molecule has 1 N–H and O–H groups in total. The molecule has 0 fully saturated rings. The van der Waals surface area contributed by atoms with E-state index in [2.05, 4.69) is 22.8 Å². The van der Waals surface area contributed by atoms with Crippen LogP contribution in [0.15, 0.2) is 41.8 Å². The minimum atomic E-state index is 0.0435. The summed E-state index contributed by atoms with van der Waals surface area (Å²) in [5, 5.41) is 5.45. The van der Waals surface area contributed by atoms with E-state index in [0.717, 1.165) is 17.9 Å². The molecule has 1 aliphatic rings. The number of rotatable bonds is 4. The van der Waals surface area contributed by atoms with Crippen LogP contribution in [-0.2, 0) is 6.42 Å². The highest BCUT2D eigenvalue weighted by atomic mass is 32.1. The van der Waals surface area contributed by atoms with Crippen molar-refractivity contribution in [3.63, 3.8) is 0 Å². The molecule has 0 saturated carbocycles. The van der Waals surface area contributed by atoms with E-state index in [0.29, 0.717) is 6.61 Å². The Labute approximate surface area is 117 Å². The van der Waals surface area contributed by atoms with E-state index in [4.69, 9.17) is 9.47 Å². The molecule has 0 aliphatic carbocycles. The van der Waals surface area contributed by atoms with Gasteiger partial charge in [-0.15, -0.1) is 11.3 Å². The number of ether oxygens (including phenoxy) is 2. The van der Waals surface area contributed by atoms with Gasteiger partial charge in [0.1, 0.15) is 12.7 Å². The lowest BCUT2D eigenvalue weighted by Crippen LogP contribution is -2.47. The SMILES string of the molecule is CNC(Cc1cccs1)C1COc2ccccc2O1. The number of benzene rings is 1. The first-order chi connectivity index (χ1) is 9.36. The molecule has 1 aromatic heterocycles. The molecule has 100 valence electrons. The van der Waals surface area contributed by atoms with Crippen LogP contribution in [0.4, 0.5) is 0 Å². The van der Waals surface area contributed by atoms with Gasteiger partial charge >= 0.3 is 0 Å². The molecule has 1 aliphatic heterocycles. The fraction of sp³-hybridized carbons (Fsp3) is 0.333. The summed E-state index contributed by atoms with van der Waals surface area (Å²) in [6.07, 6.45) is 1.01. The highest BCUT2D eigenvalue weighted by Crippen LogP contribution is 2.32. The van der Waals surface area contributed by atoms with Gasteiger partial charge in [0.15, 0.2) is 11.5 Å². The summed E-state index contributed by atoms with van der Waals surface area (Å²) >= 11 is 1.78. The molecule has 1 aromatic carbocycles. The predicted octanol–water partition coefficient (Wildman–Crippen LogP) is 2.72. The lowest BCUT2D eigenvalue weighted by atomic mass is 10.1. The minimum absolute atomic E-state index is 0.0435. The van der Waals surface area contributed by atoms with Crippen LogP contribution >= 0.6 is 11.3 Å². The van der Waals surface area contributed by atoms with Crippen molar-refractivity contribution in [2.75, 3.05) is 13.7 Å². The topological polar surface area (TPSA) is 30.5 Å². The molecule has 0 saturated heterocycles. The maximum atomic E-state index is 6.05. The van der Waals surface area contributed by atoms with Gasteiger partial charge in [0.2, 0.25) is 0 Å². The van der Waals surface area contributed by atoms with Gasteiger partial charge in [-0.05, 0) is 30.6 Å². The third-order valence-electron chi connectivity index (χ3n) is 3.35. The lowest BCUT2D eigenvalue weighted by Gasteiger charge is -2.31. The van der Waals surface area contributed by atoms with E-state index in [-0.39, 0.29) is 12.1 Å². The monoisotopic (exact) mass is 275 g/mol. The van der Waals surface area contributed by atoms with E-state index >= 15 is 0 Å². The smallest absolute Gasteiger partial charge is 0.161 e. The second-order valence-corrected chi connectivity index (χ2v) is 5.62. The Morgan fingerprint density at radius 2 is 2.11 bits per heavy atom. The van der Waals surface area contributed by atoms with Crippen LogP contribution in [0.5, 0.6) is 11.5 Å². The van der Waals surface area contributed by atoms with Gasteiger partial charge in [-0.3, -0.25) is 0 Å².